The minimum atomic E-state index is -1.07. The van der Waals surface area contributed by atoms with Crippen molar-refractivity contribution in [1.29, 1.82) is 0 Å². The third kappa shape index (κ3) is 5.76. The molecular formula is C15H18BrN3O8. The Hall–Kier alpha value is -2.47. The maximum Gasteiger partial charge on any atom is 0.346 e. The highest BCUT2D eigenvalue weighted by molar-refractivity contribution is 9.10. The van der Waals surface area contributed by atoms with Crippen LogP contribution in [-0.2, 0) is 33.3 Å². The monoisotopic (exact) mass is 447 g/mol. The molecule has 0 saturated carbocycles. The molecule has 11 nitrogen and oxygen atoms in total. The topological polar surface area (TPSA) is 146 Å². The number of H-pyrrole nitrogens is 1. The predicted molar refractivity (Wildman–Crippen MR) is 92.6 cm³/mol. The first-order valence-electron chi connectivity index (χ1n) is 7.82. The van der Waals surface area contributed by atoms with Crippen LogP contribution in [0.5, 0.6) is 0 Å². The van der Waals surface area contributed by atoms with Gasteiger partial charge in [-0.15, -0.1) is 0 Å². The van der Waals surface area contributed by atoms with Crippen molar-refractivity contribution in [3.8, 4) is 0 Å². The minimum absolute atomic E-state index is 0.121. The highest BCUT2D eigenvalue weighted by Crippen LogP contribution is 2.29. The van der Waals surface area contributed by atoms with E-state index in [0.717, 1.165) is 0 Å². The number of carbonyl (C=O) groups is 3. The van der Waals surface area contributed by atoms with Crippen LogP contribution in [0.3, 0.4) is 0 Å². The van der Waals surface area contributed by atoms with Gasteiger partial charge < -0.3 is 29.2 Å². The molecule has 2 N–H and O–H groups in total. The van der Waals surface area contributed by atoms with E-state index in [0.29, 0.717) is 4.47 Å². The average molecular weight is 448 g/mol. The second kappa shape index (κ2) is 8.95. The number of carbonyl (C=O) groups excluding carboxylic acids is 3. The summed E-state index contributed by atoms with van der Waals surface area (Å²) < 4.78 is 21.5. The Morgan fingerprint density at radius 1 is 1.19 bits per heavy atom. The van der Waals surface area contributed by atoms with Crippen LogP contribution < -0.4 is 11.0 Å². The molecule has 0 spiro atoms. The first-order chi connectivity index (χ1) is 12.7. The van der Waals surface area contributed by atoms with E-state index >= 15 is 0 Å². The predicted octanol–water partition coefficient (Wildman–Crippen LogP) is 0.0957. The van der Waals surface area contributed by atoms with E-state index in [-0.39, 0.29) is 12.4 Å². The molecular weight excluding hydrogens is 430 g/mol. The summed E-state index contributed by atoms with van der Waals surface area (Å²) in [6.07, 6.45) is -2.67. The van der Waals surface area contributed by atoms with E-state index in [9.17, 15) is 19.2 Å². The lowest BCUT2D eigenvalue weighted by Crippen LogP contribution is -2.43. The van der Waals surface area contributed by atoms with Gasteiger partial charge in [-0.2, -0.15) is 4.98 Å². The number of rotatable bonds is 6. The SMILES string of the molecule is CC(=O)OC[C@H]1O[C@@H](Nc2nc(=O)[nH]cc2Br)[C@H](OC(C)=O)[C@H]1OC(C)=O. The van der Waals surface area contributed by atoms with Crippen LogP contribution in [0.4, 0.5) is 5.82 Å². The summed E-state index contributed by atoms with van der Waals surface area (Å²) in [5.41, 5.74) is -0.615. The van der Waals surface area contributed by atoms with Gasteiger partial charge in [0.15, 0.2) is 18.4 Å². The normalized spacial score (nSPS) is 24.1. The summed E-state index contributed by atoms with van der Waals surface area (Å²) in [5, 5.41) is 2.82. The zero-order valence-electron chi connectivity index (χ0n) is 14.7. The highest BCUT2D eigenvalue weighted by Gasteiger charge is 2.50. The van der Waals surface area contributed by atoms with E-state index < -0.39 is 48.1 Å². The standard InChI is InChI=1S/C15H18BrN3O8/c1-6(20)24-5-10-11(25-7(2)21)12(26-8(3)22)14(27-10)18-13-9(16)4-17-15(23)19-13/h4,10-12,14H,5H2,1-3H3,(H2,17,18,19,23)/t10-,11+,12-,14-/m1/s1. The fraction of sp³-hybridized carbons (Fsp3) is 0.533. The summed E-state index contributed by atoms with van der Waals surface area (Å²) >= 11 is 3.22. The Kier molecular flexibility index (Phi) is 6.91. The fourth-order valence-electron chi connectivity index (χ4n) is 2.45. The van der Waals surface area contributed by atoms with E-state index in [4.69, 9.17) is 18.9 Å². The second-order valence-corrected chi connectivity index (χ2v) is 6.45. The van der Waals surface area contributed by atoms with Gasteiger partial charge >= 0.3 is 23.6 Å². The highest BCUT2D eigenvalue weighted by atomic mass is 79.9. The zero-order chi connectivity index (χ0) is 20.1. The van der Waals surface area contributed by atoms with Gasteiger partial charge in [-0.05, 0) is 15.9 Å². The molecule has 1 aliphatic rings. The lowest BCUT2D eigenvalue weighted by Gasteiger charge is -2.23. The quantitative estimate of drug-likeness (QED) is 0.454. The number of ether oxygens (including phenoxy) is 4. The Balaban J connectivity index is 2.30. The molecule has 0 aliphatic carbocycles. The zero-order valence-corrected chi connectivity index (χ0v) is 16.3. The minimum Gasteiger partial charge on any atom is -0.463 e. The molecule has 0 radical (unpaired) electrons. The van der Waals surface area contributed by atoms with Crippen molar-refractivity contribution in [2.75, 3.05) is 11.9 Å². The van der Waals surface area contributed by atoms with Crippen LogP contribution in [0.1, 0.15) is 20.8 Å². The van der Waals surface area contributed by atoms with Crippen LogP contribution >= 0.6 is 15.9 Å². The number of anilines is 1. The third-order valence-electron chi connectivity index (χ3n) is 3.41. The molecule has 1 aromatic heterocycles. The van der Waals surface area contributed by atoms with Crippen LogP contribution in [-0.4, -0.2) is 59.0 Å². The summed E-state index contributed by atoms with van der Waals surface area (Å²) in [5.74, 6) is -1.71. The van der Waals surface area contributed by atoms with Gasteiger partial charge in [0.25, 0.3) is 0 Å². The molecule has 0 bridgehead atoms. The first-order valence-corrected chi connectivity index (χ1v) is 8.61. The number of nitrogens with zero attached hydrogens (tertiary/aromatic N) is 1. The third-order valence-corrected chi connectivity index (χ3v) is 4.01. The van der Waals surface area contributed by atoms with Crippen LogP contribution in [0.15, 0.2) is 15.5 Å². The number of aromatic amines is 1. The molecule has 2 heterocycles. The molecule has 1 fully saturated rings. The molecule has 0 unspecified atom stereocenters. The lowest BCUT2D eigenvalue weighted by atomic mass is 10.1. The number of nitrogens with one attached hydrogen (secondary N) is 2. The van der Waals surface area contributed by atoms with Gasteiger partial charge in [-0.25, -0.2) is 4.79 Å². The van der Waals surface area contributed by atoms with Gasteiger partial charge in [0, 0.05) is 27.0 Å². The average Bonchev–Trinajstić information content (AvgIpc) is 2.85. The summed E-state index contributed by atoms with van der Waals surface area (Å²) in [4.78, 5) is 51.7. The van der Waals surface area contributed by atoms with E-state index in [1.54, 1.807) is 0 Å². The van der Waals surface area contributed by atoms with Crippen molar-refractivity contribution < 1.29 is 33.3 Å². The molecule has 2 rings (SSSR count). The number of aromatic nitrogens is 2. The summed E-state index contributed by atoms with van der Waals surface area (Å²) in [6, 6.07) is 0. The maximum atomic E-state index is 11.5. The van der Waals surface area contributed by atoms with Gasteiger partial charge in [-0.3, -0.25) is 14.4 Å². The van der Waals surface area contributed by atoms with Crippen molar-refractivity contribution in [2.45, 2.75) is 45.3 Å². The Morgan fingerprint density at radius 2 is 1.81 bits per heavy atom. The molecule has 0 aromatic carbocycles. The van der Waals surface area contributed by atoms with Crippen molar-refractivity contribution in [3.63, 3.8) is 0 Å². The van der Waals surface area contributed by atoms with E-state index in [1.807, 2.05) is 0 Å². The molecule has 12 heteroatoms. The molecule has 1 aromatic rings. The van der Waals surface area contributed by atoms with Crippen LogP contribution in [0.2, 0.25) is 0 Å². The van der Waals surface area contributed by atoms with E-state index in [1.165, 1.54) is 27.0 Å². The molecule has 1 saturated heterocycles. The Labute approximate surface area is 161 Å². The van der Waals surface area contributed by atoms with Gasteiger partial charge in [0.05, 0.1) is 4.47 Å². The second-order valence-electron chi connectivity index (χ2n) is 5.59. The molecule has 4 atom stereocenters. The lowest BCUT2D eigenvalue weighted by molar-refractivity contribution is -0.165. The summed E-state index contributed by atoms with van der Waals surface area (Å²) in [6.45, 7) is 3.35. The number of halogens is 1. The van der Waals surface area contributed by atoms with Crippen LogP contribution in [0.25, 0.3) is 0 Å². The number of hydrogen-bond donors (Lipinski definition) is 2. The van der Waals surface area contributed by atoms with Crippen LogP contribution in [0, 0.1) is 0 Å². The van der Waals surface area contributed by atoms with Crippen molar-refractivity contribution in [2.24, 2.45) is 0 Å². The fourth-order valence-corrected chi connectivity index (χ4v) is 2.77. The van der Waals surface area contributed by atoms with Crippen molar-refractivity contribution in [3.05, 3.63) is 21.2 Å². The first kappa shape index (κ1) is 20.8. The largest absolute Gasteiger partial charge is 0.463 e. The van der Waals surface area contributed by atoms with Gasteiger partial charge in [0.2, 0.25) is 0 Å². The Morgan fingerprint density at radius 3 is 2.41 bits per heavy atom. The Bertz CT molecular complexity index is 783. The molecule has 27 heavy (non-hydrogen) atoms. The van der Waals surface area contributed by atoms with Crippen molar-refractivity contribution >= 4 is 39.7 Å². The molecule has 148 valence electrons. The van der Waals surface area contributed by atoms with Crippen molar-refractivity contribution in [1.82, 2.24) is 9.97 Å². The maximum absolute atomic E-state index is 11.5. The number of hydrogen-bond acceptors (Lipinski definition) is 10. The smallest absolute Gasteiger partial charge is 0.346 e. The molecule has 1 aliphatic heterocycles. The summed E-state index contributed by atoms with van der Waals surface area (Å²) in [7, 11) is 0. The molecule has 0 amide bonds. The number of esters is 3. The van der Waals surface area contributed by atoms with Gasteiger partial charge in [0.1, 0.15) is 18.5 Å². The van der Waals surface area contributed by atoms with Gasteiger partial charge in [-0.1, -0.05) is 0 Å². The van der Waals surface area contributed by atoms with E-state index in [2.05, 4.69) is 31.2 Å².